The van der Waals surface area contributed by atoms with E-state index in [0.717, 1.165) is 5.82 Å². The number of carbonyl (C=O) groups is 1. The number of nitrogens with zero attached hydrogens (tertiary/aromatic N) is 3. The largest absolute Gasteiger partial charge is 0.472 e. The highest BCUT2D eigenvalue weighted by atomic mass is 35.5. The maximum atomic E-state index is 13.2. The van der Waals surface area contributed by atoms with E-state index in [2.05, 4.69) is 4.98 Å². The van der Waals surface area contributed by atoms with Crippen LogP contribution >= 0.6 is 11.6 Å². The van der Waals surface area contributed by atoms with Crippen LogP contribution < -0.4 is 0 Å². The lowest BCUT2D eigenvalue weighted by atomic mass is 10.2. The zero-order chi connectivity index (χ0) is 17.1. The van der Waals surface area contributed by atoms with E-state index >= 15 is 0 Å². The molecular weight excluding hydrogens is 333 g/mol. The molecule has 0 atom stereocenters. The van der Waals surface area contributed by atoms with Crippen LogP contribution in [0.3, 0.4) is 0 Å². The number of hydrogen-bond donors (Lipinski definition) is 0. The number of rotatable bonds is 5. The second-order valence-corrected chi connectivity index (χ2v) is 5.77. The van der Waals surface area contributed by atoms with Gasteiger partial charge in [0, 0.05) is 31.0 Å². The standard InChI is InChI=1S/C17H15ClFN3O2/c1-21-6-5-20-16(21)10-22(17(23)13-4-7-24-11-13)9-12-2-3-14(19)8-15(12)18/h2-8,11H,9-10H2,1H3. The van der Waals surface area contributed by atoms with Crippen LogP contribution in [0, 0.1) is 5.82 Å². The van der Waals surface area contributed by atoms with Gasteiger partial charge in [-0.2, -0.15) is 0 Å². The molecule has 2 aromatic heterocycles. The van der Waals surface area contributed by atoms with Gasteiger partial charge in [-0.1, -0.05) is 17.7 Å². The van der Waals surface area contributed by atoms with Crippen molar-refractivity contribution in [1.29, 1.82) is 0 Å². The highest BCUT2D eigenvalue weighted by Crippen LogP contribution is 2.21. The number of carbonyl (C=O) groups excluding carboxylic acids is 1. The first-order valence-electron chi connectivity index (χ1n) is 7.26. The molecule has 0 saturated carbocycles. The summed E-state index contributed by atoms with van der Waals surface area (Å²) in [6.07, 6.45) is 6.30. The molecule has 0 aliphatic heterocycles. The lowest BCUT2D eigenvalue weighted by molar-refractivity contribution is 0.0723. The molecule has 1 amide bonds. The van der Waals surface area contributed by atoms with E-state index in [1.165, 1.54) is 24.7 Å². The molecule has 0 saturated heterocycles. The molecule has 0 spiro atoms. The molecule has 0 N–H and O–H groups in total. The molecule has 3 aromatic rings. The minimum Gasteiger partial charge on any atom is -0.472 e. The minimum atomic E-state index is -0.416. The van der Waals surface area contributed by atoms with Crippen LogP contribution in [0.2, 0.25) is 5.02 Å². The summed E-state index contributed by atoms with van der Waals surface area (Å²) >= 11 is 6.10. The van der Waals surface area contributed by atoms with Crippen molar-refractivity contribution in [3.63, 3.8) is 0 Å². The second-order valence-electron chi connectivity index (χ2n) is 5.36. The molecule has 0 bridgehead atoms. The zero-order valence-corrected chi connectivity index (χ0v) is 13.7. The first-order chi connectivity index (χ1) is 11.5. The van der Waals surface area contributed by atoms with Crippen LogP contribution in [-0.4, -0.2) is 20.4 Å². The predicted octanol–water partition coefficient (Wildman–Crippen LogP) is 3.65. The molecule has 7 heteroatoms. The predicted molar refractivity (Wildman–Crippen MR) is 86.9 cm³/mol. The highest BCUT2D eigenvalue weighted by molar-refractivity contribution is 6.31. The molecule has 2 heterocycles. The fraction of sp³-hybridized carbons (Fsp3) is 0.176. The topological polar surface area (TPSA) is 51.3 Å². The quantitative estimate of drug-likeness (QED) is 0.708. The van der Waals surface area contributed by atoms with E-state index in [-0.39, 0.29) is 17.5 Å². The summed E-state index contributed by atoms with van der Waals surface area (Å²) in [5.41, 5.74) is 1.09. The van der Waals surface area contributed by atoms with Crippen molar-refractivity contribution < 1.29 is 13.6 Å². The van der Waals surface area contributed by atoms with Crippen molar-refractivity contribution >= 4 is 17.5 Å². The Balaban J connectivity index is 1.89. The number of imidazole rings is 1. The third-order valence-electron chi connectivity index (χ3n) is 3.68. The van der Waals surface area contributed by atoms with Crippen molar-refractivity contribution in [2.75, 3.05) is 0 Å². The van der Waals surface area contributed by atoms with Gasteiger partial charge in [-0.15, -0.1) is 0 Å². The van der Waals surface area contributed by atoms with E-state index in [4.69, 9.17) is 16.0 Å². The zero-order valence-electron chi connectivity index (χ0n) is 12.9. The molecule has 0 fully saturated rings. The number of benzene rings is 1. The average Bonchev–Trinajstić information content (AvgIpc) is 3.21. The molecule has 0 aliphatic rings. The number of halogens is 2. The van der Waals surface area contributed by atoms with Gasteiger partial charge in [-0.3, -0.25) is 4.79 Å². The minimum absolute atomic E-state index is 0.216. The van der Waals surface area contributed by atoms with Gasteiger partial charge in [0.1, 0.15) is 17.9 Å². The van der Waals surface area contributed by atoms with Gasteiger partial charge in [0.2, 0.25) is 0 Å². The number of hydrogen-bond acceptors (Lipinski definition) is 3. The monoisotopic (exact) mass is 347 g/mol. The fourth-order valence-corrected chi connectivity index (χ4v) is 2.57. The summed E-state index contributed by atoms with van der Waals surface area (Å²) in [6.45, 7) is 0.525. The Hall–Kier alpha value is -2.60. The van der Waals surface area contributed by atoms with Crippen LogP contribution in [0.4, 0.5) is 4.39 Å². The van der Waals surface area contributed by atoms with Gasteiger partial charge in [0.05, 0.1) is 18.4 Å². The Bertz CT molecular complexity index is 845. The SMILES string of the molecule is Cn1ccnc1CN(Cc1ccc(F)cc1Cl)C(=O)c1ccoc1. The van der Waals surface area contributed by atoms with Gasteiger partial charge < -0.3 is 13.9 Å². The van der Waals surface area contributed by atoms with E-state index in [1.807, 2.05) is 11.6 Å². The molecular formula is C17H15ClFN3O2. The number of aryl methyl sites for hydroxylation is 1. The summed E-state index contributed by atoms with van der Waals surface area (Å²) in [5, 5.41) is 0.278. The molecule has 124 valence electrons. The molecule has 0 radical (unpaired) electrons. The first-order valence-corrected chi connectivity index (χ1v) is 7.64. The van der Waals surface area contributed by atoms with Gasteiger partial charge in [0.15, 0.2) is 0 Å². The van der Waals surface area contributed by atoms with Crippen molar-refractivity contribution in [3.8, 4) is 0 Å². The summed E-state index contributed by atoms with van der Waals surface area (Å²) in [4.78, 5) is 18.6. The van der Waals surface area contributed by atoms with Gasteiger partial charge in [-0.05, 0) is 23.8 Å². The summed E-state index contributed by atoms with van der Waals surface area (Å²) in [6, 6.07) is 5.73. The number of amides is 1. The molecule has 1 aromatic carbocycles. The van der Waals surface area contributed by atoms with Crippen molar-refractivity contribution in [2.24, 2.45) is 7.05 Å². The lowest BCUT2D eigenvalue weighted by Crippen LogP contribution is -2.31. The van der Waals surface area contributed by atoms with Crippen LogP contribution in [0.25, 0.3) is 0 Å². The van der Waals surface area contributed by atoms with E-state index in [9.17, 15) is 9.18 Å². The molecule has 0 aliphatic carbocycles. The average molecular weight is 348 g/mol. The third kappa shape index (κ3) is 3.49. The summed E-state index contributed by atoms with van der Waals surface area (Å²) in [7, 11) is 1.85. The molecule has 0 unspecified atom stereocenters. The van der Waals surface area contributed by atoms with Gasteiger partial charge in [0.25, 0.3) is 5.91 Å². The smallest absolute Gasteiger partial charge is 0.257 e. The van der Waals surface area contributed by atoms with Gasteiger partial charge in [-0.25, -0.2) is 9.37 Å². The fourth-order valence-electron chi connectivity index (χ4n) is 2.34. The Morgan fingerprint density at radius 1 is 1.38 bits per heavy atom. The second kappa shape index (κ2) is 6.88. The Kier molecular flexibility index (Phi) is 4.66. The Morgan fingerprint density at radius 2 is 2.21 bits per heavy atom. The van der Waals surface area contributed by atoms with Crippen LogP contribution in [0.1, 0.15) is 21.7 Å². The first kappa shape index (κ1) is 16.3. The Labute approximate surface area is 143 Å². The molecule has 5 nitrogen and oxygen atoms in total. The lowest BCUT2D eigenvalue weighted by Gasteiger charge is -2.22. The highest BCUT2D eigenvalue weighted by Gasteiger charge is 2.20. The van der Waals surface area contributed by atoms with E-state index in [0.29, 0.717) is 17.7 Å². The normalized spacial score (nSPS) is 10.8. The third-order valence-corrected chi connectivity index (χ3v) is 4.04. The van der Waals surface area contributed by atoms with Crippen molar-refractivity contribution in [2.45, 2.75) is 13.1 Å². The van der Waals surface area contributed by atoms with E-state index in [1.54, 1.807) is 29.4 Å². The number of furan rings is 1. The molecule has 24 heavy (non-hydrogen) atoms. The van der Waals surface area contributed by atoms with Gasteiger partial charge >= 0.3 is 0 Å². The summed E-state index contributed by atoms with van der Waals surface area (Å²) in [5.74, 6) is 0.0952. The van der Waals surface area contributed by atoms with E-state index < -0.39 is 5.82 Å². The Morgan fingerprint density at radius 3 is 2.83 bits per heavy atom. The van der Waals surface area contributed by atoms with Crippen molar-refractivity contribution in [1.82, 2.24) is 14.5 Å². The van der Waals surface area contributed by atoms with Crippen LogP contribution in [0.5, 0.6) is 0 Å². The maximum absolute atomic E-state index is 13.2. The summed E-state index contributed by atoms with van der Waals surface area (Å²) < 4.78 is 20.1. The number of aromatic nitrogens is 2. The maximum Gasteiger partial charge on any atom is 0.257 e. The van der Waals surface area contributed by atoms with Crippen LogP contribution in [-0.2, 0) is 20.1 Å². The molecule has 3 rings (SSSR count). The van der Waals surface area contributed by atoms with Crippen LogP contribution in [0.15, 0.2) is 53.6 Å². The van der Waals surface area contributed by atoms with Crippen molar-refractivity contribution in [3.05, 3.63) is 77.0 Å².